The fourth-order valence-electron chi connectivity index (χ4n) is 3.47. The molecular formula is C21H23ClN2O5. The number of carboxylic acids is 2. The molecule has 7 nitrogen and oxygen atoms in total. The summed E-state index contributed by atoms with van der Waals surface area (Å²) >= 11 is 0. The number of carboxylic acid groups (broad SMARTS) is 2. The van der Waals surface area contributed by atoms with Crippen molar-refractivity contribution in [3.8, 4) is 0 Å². The van der Waals surface area contributed by atoms with E-state index in [2.05, 4.69) is 5.32 Å². The zero-order valence-corrected chi connectivity index (χ0v) is 16.5. The van der Waals surface area contributed by atoms with Crippen molar-refractivity contribution >= 4 is 35.9 Å². The summed E-state index contributed by atoms with van der Waals surface area (Å²) in [5.74, 6) is -2.58. The molecule has 1 heterocycles. The Morgan fingerprint density at radius 3 is 2.38 bits per heavy atom. The Morgan fingerprint density at radius 2 is 1.72 bits per heavy atom. The fraction of sp³-hybridized carbons (Fsp3) is 0.286. The molecular weight excluding hydrogens is 396 g/mol. The van der Waals surface area contributed by atoms with Crippen LogP contribution in [-0.4, -0.2) is 46.7 Å². The molecule has 8 heteroatoms. The Bertz CT molecular complexity index is 874. The number of hydrogen-bond donors (Lipinski definition) is 3. The topological polar surface area (TPSA) is 107 Å². The largest absolute Gasteiger partial charge is 0.480 e. The van der Waals surface area contributed by atoms with Gasteiger partial charge in [0.05, 0.1) is 6.04 Å². The molecule has 154 valence electrons. The highest BCUT2D eigenvalue weighted by atomic mass is 35.5. The number of rotatable bonds is 8. The minimum Gasteiger partial charge on any atom is -0.480 e. The number of nitrogens with zero attached hydrogens (tertiary/aromatic N) is 1. The van der Waals surface area contributed by atoms with Crippen LogP contribution in [0.2, 0.25) is 0 Å². The van der Waals surface area contributed by atoms with Crippen LogP contribution in [0.1, 0.15) is 17.5 Å². The maximum Gasteiger partial charge on any atom is 0.323 e. The third kappa shape index (κ3) is 5.56. The average molecular weight is 419 g/mol. The Hall–Kier alpha value is -2.90. The number of amides is 1. The van der Waals surface area contributed by atoms with Crippen LogP contribution in [0.25, 0.3) is 0 Å². The lowest BCUT2D eigenvalue weighted by atomic mass is 9.95. The van der Waals surface area contributed by atoms with Crippen LogP contribution in [0.5, 0.6) is 0 Å². The molecule has 1 aliphatic rings. The second-order valence-corrected chi connectivity index (χ2v) is 6.79. The number of para-hydroxylation sites is 1. The standard InChI is InChI=1S/C21H22N2O5.ClH/c24-19(25)13-23-18-9-5-4-8-15(18)12-17(20(23)26)22-16(21(27)28)11-10-14-6-2-1-3-7-14;/h1-9,16-17,22H,10-13H2,(H,24,25)(H,27,28);1H/t16-,17-;/m0./s1. The maximum absolute atomic E-state index is 12.9. The van der Waals surface area contributed by atoms with Gasteiger partial charge in [0.2, 0.25) is 5.91 Å². The van der Waals surface area contributed by atoms with E-state index in [0.717, 1.165) is 11.1 Å². The van der Waals surface area contributed by atoms with Gasteiger partial charge < -0.3 is 10.2 Å². The molecule has 2 aromatic carbocycles. The van der Waals surface area contributed by atoms with Crippen molar-refractivity contribution < 1.29 is 24.6 Å². The molecule has 3 rings (SSSR count). The van der Waals surface area contributed by atoms with E-state index in [9.17, 15) is 19.5 Å². The second kappa shape index (κ2) is 10.0. The van der Waals surface area contributed by atoms with Crippen LogP contribution < -0.4 is 10.2 Å². The van der Waals surface area contributed by atoms with Crippen molar-refractivity contribution in [1.82, 2.24) is 5.32 Å². The molecule has 0 saturated carbocycles. The van der Waals surface area contributed by atoms with Gasteiger partial charge in [-0.1, -0.05) is 48.5 Å². The summed E-state index contributed by atoms with van der Waals surface area (Å²) in [5, 5.41) is 21.7. The Labute approximate surface area is 174 Å². The molecule has 0 aromatic heterocycles. The van der Waals surface area contributed by atoms with E-state index in [4.69, 9.17) is 5.11 Å². The van der Waals surface area contributed by atoms with Crippen molar-refractivity contribution in [1.29, 1.82) is 0 Å². The van der Waals surface area contributed by atoms with Gasteiger partial charge in [-0.3, -0.25) is 24.6 Å². The number of anilines is 1. The van der Waals surface area contributed by atoms with Crippen molar-refractivity contribution in [3.05, 3.63) is 65.7 Å². The van der Waals surface area contributed by atoms with Gasteiger partial charge in [0.25, 0.3) is 0 Å². The molecule has 0 radical (unpaired) electrons. The highest BCUT2D eigenvalue weighted by Gasteiger charge is 2.35. The van der Waals surface area contributed by atoms with Crippen LogP contribution >= 0.6 is 12.4 Å². The quantitative estimate of drug-likeness (QED) is 0.606. The van der Waals surface area contributed by atoms with E-state index < -0.39 is 36.5 Å². The lowest BCUT2D eigenvalue weighted by molar-refractivity contribution is -0.140. The number of aryl methyl sites for hydroxylation is 1. The molecule has 0 unspecified atom stereocenters. The first-order chi connectivity index (χ1) is 13.5. The van der Waals surface area contributed by atoms with E-state index in [0.29, 0.717) is 24.9 Å². The van der Waals surface area contributed by atoms with Gasteiger partial charge in [0.15, 0.2) is 0 Å². The smallest absolute Gasteiger partial charge is 0.323 e. The lowest BCUT2D eigenvalue weighted by Crippen LogP contribution is -2.56. The van der Waals surface area contributed by atoms with Crippen molar-refractivity contribution in [2.24, 2.45) is 0 Å². The SMILES string of the molecule is Cl.O=C(O)CN1C(=O)[C@@H](N[C@@H](CCc2ccccc2)C(=O)O)Cc2ccccc21. The van der Waals surface area contributed by atoms with Crippen LogP contribution in [0.15, 0.2) is 54.6 Å². The van der Waals surface area contributed by atoms with Crippen LogP contribution in [0.3, 0.4) is 0 Å². The molecule has 2 atom stereocenters. The van der Waals surface area contributed by atoms with E-state index in [1.807, 2.05) is 42.5 Å². The Kier molecular flexibility index (Phi) is 7.75. The number of halogens is 1. The number of carbonyl (C=O) groups is 3. The van der Waals surface area contributed by atoms with E-state index >= 15 is 0 Å². The molecule has 0 aliphatic carbocycles. The minimum absolute atomic E-state index is 0. The first-order valence-electron chi connectivity index (χ1n) is 9.09. The zero-order valence-electron chi connectivity index (χ0n) is 15.7. The Morgan fingerprint density at radius 1 is 1.07 bits per heavy atom. The third-order valence-electron chi connectivity index (χ3n) is 4.83. The summed E-state index contributed by atoms with van der Waals surface area (Å²) < 4.78 is 0. The van der Waals surface area contributed by atoms with Gasteiger partial charge in [-0.2, -0.15) is 0 Å². The van der Waals surface area contributed by atoms with Gasteiger partial charge in [0.1, 0.15) is 12.6 Å². The summed E-state index contributed by atoms with van der Waals surface area (Å²) in [4.78, 5) is 37.0. The van der Waals surface area contributed by atoms with Gasteiger partial charge in [-0.15, -0.1) is 12.4 Å². The number of aliphatic carboxylic acids is 2. The summed E-state index contributed by atoms with van der Waals surface area (Å²) in [6.07, 6.45) is 1.20. The summed E-state index contributed by atoms with van der Waals surface area (Å²) in [5.41, 5.74) is 2.39. The second-order valence-electron chi connectivity index (χ2n) is 6.79. The minimum atomic E-state index is -1.12. The van der Waals surface area contributed by atoms with Gasteiger partial charge in [-0.25, -0.2) is 0 Å². The monoisotopic (exact) mass is 418 g/mol. The molecule has 0 saturated heterocycles. The fourth-order valence-corrected chi connectivity index (χ4v) is 3.47. The van der Waals surface area contributed by atoms with Crippen LogP contribution in [0, 0.1) is 0 Å². The molecule has 0 fully saturated rings. The number of carbonyl (C=O) groups excluding carboxylic acids is 1. The van der Waals surface area contributed by atoms with E-state index in [1.54, 1.807) is 12.1 Å². The Balaban J connectivity index is 0.00000300. The maximum atomic E-state index is 12.9. The lowest BCUT2D eigenvalue weighted by Gasteiger charge is -2.34. The third-order valence-corrected chi connectivity index (χ3v) is 4.83. The van der Waals surface area contributed by atoms with Crippen molar-refractivity contribution in [3.63, 3.8) is 0 Å². The normalized spacial score (nSPS) is 16.5. The van der Waals surface area contributed by atoms with Crippen molar-refractivity contribution in [2.45, 2.75) is 31.3 Å². The average Bonchev–Trinajstić information content (AvgIpc) is 2.68. The molecule has 0 bridgehead atoms. The van der Waals surface area contributed by atoms with Gasteiger partial charge >= 0.3 is 11.9 Å². The predicted molar refractivity (Wildman–Crippen MR) is 110 cm³/mol. The van der Waals surface area contributed by atoms with E-state index in [-0.39, 0.29) is 12.4 Å². The zero-order chi connectivity index (χ0) is 20.1. The highest BCUT2D eigenvalue weighted by molar-refractivity contribution is 6.03. The molecule has 2 aromatic rings. The molecule has 1 aliphatic heterocycles. The van der Waals surface area contributed by atoms with Gasteiger partial charge in [0, 0.05) is 5.69 Å². The number of hydrogen-bond acceptors (Lipinski definition) is 4. The first-order valence-corrected chi connectivity index (χ1v) is 9.09. The predicted octanol–water partition coefficient (Wildman–Crippen LogP) is 2.13. The summed E-state index contributed by atoms with van der Waals surface area (Å²) in [7, 11) is 0. The molecule has 3 N–H and O–H groups in total. The van der Waals surface area contributed by atoms with Crippen molar-refractivity contribution in [2.75, 3.05) is 11.4 Å². The summed E-state index contributed by atoms with van der Waals surface area (Å²) in [6.45, 7) is -0.463. The molecule has 1 amide bonds. The highest BCUT2D eigenvalue weighted by Crippen LogP contribution is 2.28. The van der Waals surface area contributed by atoms with E-state index in [1.165, 1.54) is 4.90 Å². The number of fused-ring (bicyclic) bond motifs is 1. The van der Waals surface area contributed by atoms with Crippen LogP contribution in [0.4, 0.5) is 5.69 Å². The van der Waals surface area contributed by atoms with Gasteiger partial charge in [-0.05, 0) is 36.5 Å². The molecule has 29 heavy (non-hydrogen) atoms. The van der Waals surface area contributed by atoms with Crippen LogP contribution in [-0.2, 0) is 27.2 Å². The number of benzene rings is 2. The number of nitrogens with one attached hydrogen (secondary N) is 1. The molecule has 0 spiro atoms. The summed E-state index contributed by atoms with van der Waals surface area (Å²) in [6, 6.07) is 14.9. The first kappa shape index (κ1) is 22.4.